The highest BCUT2D eigenvalue weighted by Crippen LogP contribution is 2.41. The molecule has 5 rings (SSSR count). The first-order chi connectivity index (χ1) is 18.4. The Bertz CT molecular complexity index is 1660. The zero-order valence-electron chi connectivity index (χ0n) is 22.7. The van der Waals surface area contributed by atoms with Crippen molar-refractivity contribution in [3.8, 4) is 34.6 Å². The van der Waals surface area contributed by atoms with Gasteiger partial charge in [0.05, 0.1) is 0 Å². The van der Waals surface area contributed by atoms with Crippen molar-refractivity contribution in [2.75, 3.05) is 5.32 Å². The first-order valence-electron chi connectivity index (χ1n) is 12.8. The molecule has 0 aliphatic rings. The van der Waals surface area contributed by atoms with E-state index >= 15 is 0 Å². The number of aromatic nitrogens is 3. The molecule has 39 heavy (non-hydrogen) atoms. The van der Waals surface area contributed by atoms with Crippen molar-refractivity contribution < 1.29 is 19.7 Å². The summed E-state index contributed by atoms with van der Waals surface area (Å²) in [4.78, 5) is 0. The lowest BCUT2D eigenvalue weighted by Crippen LogP contribution is -2.36. The minimum absolute atomic E-state index is 0.0702. The molecule has 1 heterocycles. The maximum absolute atomic E-state index is 9.82. The van der Waals surface area contributed by atoms with E-state index in [1.165, 1.54) is 0 Å². The fraction of sp³-hybridized carbons (Fsp3) is 0.258. The molecule has 200 valence electrons. The second kappa shape index (κ2) is 9.94. The largest absolute Gasteiger partial charge is 0.508 e. The van der Waals surface area contributed by atoms with E-state index in [0.29, 0.717) is 23.1 Å². The molecule has 0 fully saturated rings. The first kappa shape index (κ1) is 26.0. The summed E-state index contributed by atoms with van der Waals surface area (Å²) < 4.78 is 12.6. The van der Waals surface area contributed by atoms with E-state index in [9.17, 15) is 10.2 Å². The van der Waals surface area contributed by atoms with Crippen LogP contribution in [0.3, 0.4) is 0 Å². The lowest BCUT2D eigenvalue weighted by Gasteiger charge is -2.34. The van der Waals surface area contributed by atoms with Crippen LogP contribution >= 0.6 is 0 Å². The number of hydrogen-bond donors (Lipinski definition) is 3. The van der Waals surface area contributed by atoms with E-state index in [0.717, 1.165) is 28.0 Å². The highest BCUT2D eigenvalue weighted by molar-refractivity contribution is 5.86. The van der Waals surface area contributed by atoms with Gasteiger partial charge in [-0.1, -0.05) is 50.1 Å². The van der Waals surface area contributed by atoms with Crippen molar-refractivity contribution in [2.24, 2.45) is 5.41 Å². The van der Waals surface area contributed by atoms with Crippen LogP contribution in [0.25, 0.3) is 21.5 Å². The van der Waals surface area contributed by atoms with Crippen LogP contribution in [0.1, 0.15) is 41.0 Å². The maximum Gasteiger partial charge on any atom is 0.288 e. The third-order valence-electron chi connectivity index (χ3n) is 6.14. The molecule has 8 heteroatoms. The summed E-state index contributed by atoms with van der Waals surface area (Å²) in [6.07, 6.45) is 0.858. The molecule has 4 aromatic carbocycles. The molecule has 5 aromatic rings. The van der Waals surface area contributed by atoms with Gasteiger partial charge in [-0.15, -0.1) is 5.10 Å². The highest BCUT2D eigenvalue weighted by Gasteiger charge is 2.29. The third-order valence-corrected chi connectivity index (χ3v) is 6.14. The van der Waals surface area contributed by atoms with Crippen molar-refractivity contribution in [3.63, 3.8) is 0 Å². The molecule has 0 bridgehead atoms. The summed E-state index contributed by atoms with van der Waals surface area (Å²) in [6, 6.07) is 21.4. The summed E-state index contributed by atoms with van der Waals surface area (Å²) in [5.41, 5.74) is -0.268. The standard InChI is InChI=1S/C31H32N4O4/c1-30(2,3)18-31(4,5)32-28-27(38-25-12-8-19-14-23(36)10-6-21(19)16-25)29(34-35-33-28)39-26-13-9-20-15-24(37)11-7-22(20)17-26/h6-17,36-37H,18H2,1-5H3,(H,32,33,34). The lowest BCUT2D eigenvalue weighted by atomic mass is 9.82. The van der Waals surface area contributed by atoms with Gasteiger partial charge in [0.2, 0.25) is 5.75 Å². The molecule has 8 nitrogen and oxygen atoms in total. The third kappa shape index (κ3) is 6.29. The Labute approximate surface area is 227 Å². The quantitative estimate of drug-likeness (QED) is 0.198. The zero-order valence-corrected chi connectivity index (χ0v) is 22.7. The van der Waals surface area contributed by atoms with Gasteiger partial charge in [0.25, 0.3) is 5.88 Å². The molecule has 0 unspecified atom stereocenters. The molecule has 0 atom stereocenters. The Morgan fingerprint density at radius 3 is 1.74 bits per heavy atom. The Kier molecular flexibility index (Phi) is 6.64. The molecule has 0 spiro atoms. The average molecular weight is 525 g/mol. The second-order valence-electron chi connectivity index (χ2n) is 11.6. The number of rotatable bonds is 7. The number of ether oxygens (including phenoxy) is 2. The van der Waals surface area contributed by atoms with Gasteiger partial charge in [-0.05, 0) is 101 Å². The predicted octanol–water partition coefficient (Wildman–Crippen LogP) is 7.80. The molecule has 0 amide bonds. The number of phenols is 2. The smallest absolute Gasteiger partial charge is 0.288 e. The molecule has 0 aliphatic carbocycles. The van der Waals surface area contributed by atoms with Crippen molar-refractivity contribution in [1.82, 2.24) is 15.4 Å². The fourth-order valence-electron chi connectivity index (χ4n) is 5.01. The van der Waals surface area contributed by atoms with Crippen molar-refractivity contribution in [3.05, 3.63) is 72.8 Å². The summed E-state index contributed by atoms with van der Waals surface area (Å²) in [5.74, 6) is 2.36. The van der Waals surface area contributed by atoms with Crippen LogP contribution < -0.4 is 14.8 Å². The van der Waals surface area contributed by atoms with Gasteiger partial charge in [-0.2, -0.15) is 0 Å². The number of fused-ring (bicyclic) bond motifs is 2. The summed E-state index contributed by atoms with van der Waals surface area (Å²) in [7, 11) is 0. The highest BCUT2D eigenvalue weighted by atomic mass is 16.5. The van der Waals surface area contributed by atoms with E-state index in [2.05, 4.69) is 55.3 Å². The minimum atomic E-state index is -0.338. The van der Waals surface area contributed by atoms with Crippen LogP contribution in [-0.4, -0.2) is 31.2 Å². The van der Waals surface area contributed by atoms with Crippen LogP contribution in [-0.2, 0) is 0 Å². The van der Waals surface area contributed by atoms with E-state index in [-0.39, 0.29) is 28.3 Å². The van der Waals surface area contributed by atoms with E-state index < -0.39 is 0 Å². The van der Waals surface area contributed by atoms with Gasteiger partial charge in [-0.25, -0.2) is 0 Å². The van der Waals surface area contributed by atoms with Gasteiger partial charge in [0.1, 0.15) is 23.0 Å². The predicted molar refractivity (Wildman–Crippen MR) is 153 cm³/mol. The second-order valence-corrected chi connectivity index (χ2v) is 11.6. The molecule has 1 aromatic heterocycles. The monoisotopic (exact) mass is 524 g/mol. The molecule has 0 aliphatic heterocycles. The Balaban J connectivity index is 1.54. The minimum Gasteiger partial charge on any atom is -0.508 e. The van der Waals surface area contributed by atoms with Crippen molar-refractivity contribution in [2.45, 2.75) is 46.6 Å². The zero-order chi connectivity index (χ0) is 27.8. The topological polar surface area (TPSA) is 110 Å². The molecule has 0 saturated heterocycles. The average Bonchev–Trinajstić information content (AvgIpc) is 2.84. The van der Waals surface area contributed by atoms with Gasteiger partial charge >= 0.3 is 0 Å². The lowest BCUT2D eigenvalue weighted by molar-refractivity contribution is 0.300. The summed E-state index contributed by atoms with van der Waals surface area (Å²) in [6.45, 7) is 10.8. The number of nitrogens with zero attached hydrogens (tertiary/aromatic N) is 3. The normalized spacial score (nSPS) is 12.0. The fourth-order valence-corrected chi connectivity index (χ4v) is 5.01. The van der Waals surface area contributed by atoms with E-state index in [1.54, 1.807) is 30.3 Å². The molecule has 0 saturated carbocycles. The van der Waals surface area contributed by atoms with Gasteiger partial charge < -0.3 is 25.0 Å². The molecular formula is C31H32N4O4. The number of hydrogen-bond acceptors (Lipinski definition) is 8. The number of benzene rings is 4. The van der Waals surface area contributed by atoms with Crippen LogP contribution in [0.2, 0.25) is 0 Å². The number of aromatic hydroxyl groups is 2. The first-order valence-corrected chi connectivity index (χ1v) is 12.8. The Hall–Kier alpha value is -4.59. The molecule has 3 N–H and O–H groups in total. The Morgan fingerprint density at radius 1 is 0.667 bits per heavy atom. The molecular weight excluding hydrogens is 492 g/mol. The van der Waals surface area contributed by atoms with E-state index in [1.807, 2.05) is 42.5 Å². The van der Waals surface area contributed by atoms with Crippen molar-refractivity contribution >= 4 is 27.4 Å². The number of phenolic OH excluding ortho intramolecular Hbond substituents is 2. The summed E-state index contributed by atoms with van der Waals surface area (Å²) >= 11 is 0. The van der Waals surface area contributed by atoms with Gasteiger partial charge in [0, 0.05) is 5.54 Å². The van der Waals surface area contributed by atoms with E-state index in [4.69, 9.17) is 9.47 Å². The molecule has 0 radical (unpaired) electrons. The van der Waals surface area contributed by atoms with Crippen molar-refractivity contribution in [1.29, 1.82) is 0 Å². The Morgan fingerprint density at radius 2 is 1.18 bits per heavy atom. The number of nitrogens with one attached hydrogen (secondary N) is 1. The maximum atomic E-state index is 9.82. The van der Waals surface area contributed by atoms with Crippen LogP contribution in [0.4, 0.5) is 5.82 Å². The van der Waals surface area contributed by atoms with Crippen LogP contribution in [0.15, 0.2) is 72.8 Å². The van der Waals surface area contributed by atoms with Gasteiger partial charge in [0.15, 0.2) is 5.82 Å². The van der Waals surface area contributed by atoms with Crippen LogP contribution in [0, 0.1) is 5.41 Å². The SMILES string of the molecule is CC(C)(C)CC(C)(C)Nc1nnnc(Oc2ccc3cc(O)ccc3c2)c1Oc1ccc2cc(O)ccc2c1. The van der Waals surface area contributed by atoms with Crippen LogP contribution in [0.5, 0.6) is 34.6 Å². The van der Waals surface area contributed by atoms with Gasteiger partial charge in [-0.3, -0.25) is 0 Å². The summed E-state index contributed by atoms with van der Waals surface area (Å²) in [5, 5.41) is 39.1. The number of anilines is 1.